The molecule has 0 spiro atoms. The number of hydrogen-bond acceptors (Lipinski definition) is 3. The second-order valence-electron chi connectivity index (χ2n) is 4.91. The van der Waals surface area contributed by atoms with Crippen molar-refractivity contribution in [2.45, 2.75) is 57.1 Å². The van der Waals surface area contributed by atoms with Crippen LogP contribution >= 0.6 is 11.8 Å². The van der Waals surface area contributed by atoms with Crippen LogP contribution in [0.4, 0.5) is 0 Å². The molecule has 2 unspecified atom stereocenters. The van der Waals surface area contributed by atoms with Crippen molar-refractivity contribution < 1.29 is 4.79 Å². The van der Waals surface area contributed by atoms with Gasteiger partial charge in [0.1, 0.15) is 0 Å². The Kier molecular flexibility index (Phi) is 6.29. The summed E-state index contributed by atoms with van der Waals surface area (Å²) in [4.78, 5) is 11.7. The lowest BCUT2D eigenvalue weighted by molar-refractivity contribution is -0.121. The van der Waals surface area contributed by atoms with Crippen LogP contribution in [0.5, 0.6) is 0 Å². The van der Waals surface area contributed by atoms with Gasteiger partial charge in [-0.05, 0) is 40.7 Å². The van der Waals surface area contributed by atoms with Crippen LogP contribution in [0.15, 0.2) is 0 Å². The average Bonchev–Trinajstić information content (AvgIpc) is 2.00. The molecule has 3 nitrogen and oxygen atoms in total. The quantitative estimate of drug-likeness (QED) is 0.759. The number of hydrogen-bond donors (Lipinski definition) is 2. The molecule has 0 aliphatic heterocycles. The van der Waals surface area contributed by atoms with Gasteiger partial charge in [-0.1, -0.05) is 6.92 Å². The molecule has 1 amide bonds. The molecule has 0 aliphatic carbocycles. The van der Waals surface area contributed by atoms with Gasteiger partial charge in [-0.25, -0.2) is 0 Å². The molecule has 0 saturated heterocycles. The lowest BCUT2D eigenvalue weighted by Gasteiger charge is -2.24. The molecule has 0 saturated carbocycles. The highest BCUT2D eigenvalue weighted by molar-refractivity contribution is 8.01. The second kappa shape index (κ2) is 6.38. The highest BCUT2D eigenvalue weighted by Crippen LogP contribution is 2.20. The van der Waals surface area contributed by atoms with Gasteiger partial charge in [0.05, 0.1) is 5.25 Å². The van der Waals surface area contributed by atoms with Crippen molar-refractivity contribution in [2.75, 3.05) is 6.54 Å². The van der Waals surface area contributed by atoms with Crippen LogP contribution in [0.25, 0.3) is 0 Å². The minimum Gasteiger partial charge on any atom is -0.351 e. The van der Waals surface area contributed by atoms with E-state index in [-0.39, 0.29) is 16.7 Å². The van der Waals surface area contributed by atoms with Gasteiger partial charge in [-0.3, -0.25) is 4.79 Å². The van der Waals surface area contributed by atoms with Crippen LogP contribution in [0.1, 0.15) is 41.0 Å². The van der Waals surface area contributed by atoms with Crippen molar-refractivity contribution in [3.05, 3.63) is 0 Å². The van der Waals surface area contributed by atoms with Crippen molar-refractivity contribution in [3.8, 4) is 0 Å². The topological polar surface area (TPSA) is 55.1 Å². The summed E-state index contributed by atoms with van der Waals surface area (Å²) in [5.41, 5.74) is 5.32. The fourth-order valence-corrected chi connectivity index (χ4v) is 2.34. The standard InChI is InChI=1S/C11H24N2OS/c1-8(6-7-12)15-9(2)10(14)13-11(3,4)5/h8-9H,6-7,12H2,1-5H3,(H,13,14). The lowest BCUT2D eigenvalue weighted by atomic mass is 10.1. The van der Waals surface area contributed by atoms with E-state index >= 15 is 0 Å². The molecule has 0 bridgehead atoms. The third kappa shape index (κ3) is 7.68. The molecule has 0 aromatic carbocycles. The molecule has 15 heavy (non-hydrogen) atoms. The van der Waals surface area contributed by atoms with Gasteiger partial charge in [0, 0.05) is 10.8 Å². The number of rotatable bonds is 5. The first-order valence-corrected chi connectivity index (χ1v) is 6.38. The number of carbonyl (C=O) groups excluding carboxylic acids is 1. The fraction of sp³-hybridized carbons (Fsp3) is 0.909. The van der Waals surface area contributed by atoms with E-state index in [1.54, 1.807) is 11.8 Å². The monoisotopic (exact) mass is 232 g/mol. The summed E-state index contributed by atoms with van der Waals surface area (Å²) < 4.78 is 0. The first-order chi connectivity index (χ1) is 6.76. The number of carbonyl (C=O) groups is 1. The highest BCUT2D eigenvalue weighted by atomic mass is 32.2. The van der Waals surface area contributed by atoms with E-state index in [0.717, 1.165) is 6.42 Å². The Morgan fingerprint density at radius 3 is 2.33 bits per heavy atom. The maximum Gasteiger partial charge on any atom is 0.233 e. The molecular weight excluding hydrogens is 208 g/mol. The molecule has 0 radical (unpaired) electrons. The van der Waals surface area contributed by atoms with Crippen molar-refractivity contribution in [1.82, 2.24) is 5.32 Å². The van der Waals surface area contributed by atoms with Gasteiger partial charge in [-0.2, -0.15) is 0 Å². The summed E-state index contributed by atoms with van der Waals surface area (Å²) >= 11 is 1.68. The molecule has 0 heterocycles. The van der Waals surface area contributed by atoms with Crippen LogP contribution in [0, 0.1) is 0 Å². The minimum atomic E-state index is -0.150. The van der Waals surface area contributed by atoms with E-state index in [9.17, 15) is 4.79 Å². The van der Waals surface area contributed by atoms with Crippen molar-refractivity contribution in [2.24, 2.45) is 5.73 Å². The van der Waals surface area contributed by atoms with Crippen molar-refractivity contribution in [1.29, 1.82) is 0 Å². The van der Waals surface area contributed by atoms with Crippen molar-refractivity contribution >= 4 is 17.7 Å². The molecular formula is C11H24N2OS. The number of nitrogens with one attached hydrogen (secondary N) is 1. The molecule has 0 rings (SSSR count). The van der Waals surface area contributed by atoms with Gasteiger partial charge in [0.25, 0.3) is 0 Å². The van der Waals surface area contributed by atoms with E-state index in [1.807, 2.05) is 27.7 Å². The van der Waals surface area contributed by atoms with Crippen LogP contribution in [0.3, 0.4) is 0 Å². The van der Waals surface area contributed by atoms with Crippen LogP contribution in [-0.2, 0) is 4.79 Å². The molecule has 2 atom stereocenters. The molecule has 0 fully saturated rings. The Morgan fingerprint density at radius 1 is 1.40 bits per heavy atom. The Morgan fingerprint density at radius 2 is 1.93 bits per heavy atom. The Balaban J connectivity index is 3.99. The summed E-state index contributed by atoms with van der Waals surface area (Å²) in [5, 5.41) is 3.41. The van der Waals surface area contributed by atoms with E-state index in [4.69, 9.17) is 5.73 Å². The summed E-state index contributed by atoms with van der Waals surface area (Å²) in [6.07, 6.45) is 0.956. The molecule has 3 N–H and O–H groups in total. The third-order valence-electron chi connectivity index (χ3n) is 1.88. The predicted molar refractivity (Wildman–Crippen MR) is 68.1 cm³/mol. The summed E-state index contributed by atoms with van der Waals surface area (Å²) in [5.74, 6) is 0.108. The number of thioether (sulfide) groups is 1. The largest absolute Gasteiger partial charge is 0.351 e. The number of amides is 1. The fourth-order valence-electron chi connectivity index (χ4n) is 1.18. The second-order valence-corrected chi connectivity index (χ2v) is 6.69. The minimum absolute atomic E-state index is 0.00854. The molecule has 0 aromatic rings. The van der Waals surface area contributed by atoms with Gasteiger partial charge >= 0.3 is 0 Å². The Labute approximate surface area is 97.6 Å². The number of nitrogens with two attached hydrogens (primary N) is 1. The highest BCUT2D eigenvalue weighted by Gasteiger charge is 2.20. The summed E-state index contributed by atoms with van der Waals surface area (Å²) in [7, 11) is 0. The zero-order valence-electron chi connectivity index (χ0n) is 10.5. The van der Waals surface area contributed by atoms with E-state index in [0.29, 0.717) is 11.8 Å². The van der Waals surface area contributed by atoms with Gasteiger partial charge in [0.15, 0.2) is 0 Å². The maximum atomic E-state index is 11.7. The third-order valence-corrected chi connectivity index (χ3v) is 3.20. The average molecular weight is 232 g/mol. The molecule has 0 aliphatic rings. The summed E-state index contributed by atoms with van der Waals surface area (Å²) in [6.45, 7) is 10.7. The first-order valence-electron chi connectivity index (χ1n) is 5.44. The molecule has 90 valence electrons. The SMILES string of the molecule is CC(CCN)SC(C)C(=O)NC(C)(C)C. The smallest absolute Gasteiger partial charge is 0.233 e. The predicted octanol–water partition coefficient (Wildman–Crippen LogP) is 1.76. The van der Waals surface area contributed by atoms with Gasteiger partial charge < -0.3 is 11.1 Å². The van der Waals surface area contributed by atoms with Crippen LogP contribution in [-0.4, -0.2) is 28.5 Å². The van der Waals surface area contributed by atoms with Gasteiger partial charge in [-0.15, -0.1) is 11.8 Å². The van der Waals surface area contributed by atoms with E-state index < -0.39 is 0 Å². The van der Waals surface area contributed by atoms with Gasteiger partial charge in [0.2, 0.25) is 5.91 Å². The Hall–Kier alpha value is -0.220. The van der Waals surface area contributed by atoms with Crippen LogP contribution < -0.4 is 11.1 Å². The maximum absolute atomic E-state index is 11.7. The normalized spacial score (nSPS) is 15.9. The first kappa shape index (κ1) is 14.8. The van der Waals surface area contributed by atoms with Crippen molar-refractivity contribution in [3.63, 3.8) is 0 Å². The zero-order chi connectivity index (χ0) is 12.1. The molecule has 4 heteroatoms. The lowest BCUT2D eigenvalue weighted by Crippen LogP contribution is -2.44. The molecule has 0 aromatic heterocycles. The zero-order valence-corrected chi connectivity index (χ0v) is 11.3. The van der Waals surface area contributed by atoms with E-state index in [1.165, 1.54) is 0 Å². The Bertz CT molecular complexity index is 201. The summed E-state index contributed by atoms with van der Waals surface area (Å²) in [6, 6.07) is 0. The van der Waals surface area contributed by atoms with E-state index in [2.05, 4.69) is 12.2 Å². The van der Waals surface area contributed by atoms with Crippen LogP contribution in [0.2, 0.25) is 0 Å².